The highest BCUT2D eigenvalue weighted by molar-refractivity contribution is 5.77. The number of carbonyl (C=O) groups is 1. The zero-order valence-corrected chi connectivity index (χ0v) is 10.7. The summed E-state index contributed by atoms with van der Waals surface area (Å²) >= 11 is 0. The van der Waals surface area contributed by atoms with Gasteiger partial charge < -0.3 is 14.9 Å². The van der Waals surface area contributed by atoms with E-state index in [0.717, 1.165) is 5.56 Å². The molecular formula is C12H12N4O4. The molecule has 0 saturated heterocycles. The number of methoxy groups -OCH3 is 1. The second kappa shape index (κ2) is 5.91. The number of carbonyl (C=O) groups excluding carboxylic acids is 1. The van der Waals surface area contributed by atoms with Crippen molar-refractivity contribution < 1.29 is 14.5 Å². The first kappa shape index (κ1) is 13.7. The lowest BCUT2D eigenvalue weighted by atomic mass is 9.99. The number of nitro groups is 1. The summed E-state index contributed by atoms with van der Waals surface area (Å²) in [6, 6.07) is 9.00. The van der Waals surface area contributed by atoms with Crippen molar-refractivity contribution >= 4 is 11.9 Å². The van der Waals surface area contributed by atoms with E-state index in [0.29, 0.717) is 0 Å². The van der Waals surface area contributed by atoms with E-state index in [2.05, 4.69) is 10.1 Å². The third-order valence-corrected chi connectivity index (χ3v) is 2.74. The molecule has 20 heavy (non-hydrogen) atoms. The van der Waals surface area contributed by atoms with Crippen LogP contribution in [0, 0.1) is 10.1 Å². The molecule has 2 aromatic rings. The van der Waals surface area contributed by atoms with Crippen LogP contribution in [0.3, 0.4) is 0 Å². The minimum absolute atomic E-state index is 0.123. The lowest BCUT2D eigenvalue weighted by Crippen LogP contribution is -2.20. The number of nitrogens with zero attached hydrogens (tertiary/aromatic N) is 4. The Morgan fingerprint density at radius 3 is 2.70 bits per heavy atom. The summed E-state index contributed by atoms with van der Waals surface area (Å²) < 4.78 is 6.02. The molecule has 1 aromatic heterocycles. The van der Waals surface area contributed by atoms with Gasteiger partial charge in [-0.1, -0.05) is 35.3 Å². The van der Waals surface area contributed by atoms with Crippen LogP contribution < -0.4 is 0 Å². The number of ether oxygens (including phenoxy) is 1. The highest BCUT2D eigenvalue weighted by Crippen LogP contribution is 2.19. The molecule has 0 fully saturated rings. The lowest BCUT2D eigenvalue weighted by molar-refractivity contribution is -0.394. The van der Waals surface area contributed by atoms with Gasteiger partial charge in [0.2, 0.25) is 6.33 Å². The normalized spacial score (nSPS) is 11.8. The van der Waals surface area contributed by atoms with Crippen molar-refractivity contribution in [1.29, 1.82) is 0 Å². The SMILES string of the molecule is COC(=O)C(Cn1cnc([N+](=O)[O-])n1)c1ccccc1. The van der Waals surface area contributed by atoms with Crippen LogP contribution >= 0.6 is 0 Å². The fourth-order valence-electron chi connectivity index (χ4n) is 1.79. The van der Waals surface area contributed by atoms with Crippen molar-refractivity contribution in [2.75, 3.05) is 7.11 Å². The van der Waals surface area contributed by atoms with E-state index in [9.17, 15) is 14.9 Å². The maximum absolute atomic E-state index is 11.8. The molecule has 0 bridgehead atoms. The monoisotopic (exact) mass is 276 g/mol. The molecule has 0 aliphatic rings. The molecule has 8 nitrogen and oxygen atoms in total. The van der Waals surface area contributed by atoms with E-state index in [1.807, 2.05) is 6.07 Å². The van der Waals surface area contributed by atoms with Crippen LogP contribution in [0.15, 0.2) is 36.7 Å². The smallest absolute Gasteiger partial charge is 0.468 e. The van der Waals surface area contributed by atoms with E-state index in [1.54, 1.807) is 24.3 Å². The molecule has 0 amide bonds. The van der Waals surface area contributed by atoms with Gasteiger partial charge in [-0.25, -0.2) is 0 Å². The minimum Gasteiger partial charge on any atom is -0.468 e. The fourth-order valence-corrected chi connectivity index (χ4v) is 1.79. The summed E-state index contributed by atoms with van der Waals surface area (Å²) in [6.07, 6.45) is 1.22. The molecule has 1 heterocycles. The van der Waals surface area contributed by atoms with E-state index in [4.69, 9.17) is 4.74 Å². The van der Waals surface area contributed by atoms with Gasteiger partial charge in [-0.3, -0.25) is 4.79 Å². The Morgan fingerprint density at radius 1 is 1.45 bits per heavy atom. The molecule has 2 rings (SSSR count). The molecule has 0 N–H and O–H groups in total. The van der Waals surface area contributed by atoms with E-state index in [-0.39, 0.29) is 6.54 Å². The summed E-state index contributed by atoms with van der Waals surface area (Å²) in [5.41, 5.74) is 0.748. The Labute approximate surface area is 114 Å². The average molecular weight is 276 g/mol. The van der Waals surface area contributed by atoms with Gasteiger partial charge in [0, 0.05) is 5.10 Å². The summed E-state index contributed by atoms with van der Waals surface area (Å²) in [5, 5.41) is 14.2. The van der Waals surface area contributed by atoms with Crippen LogP contribution in [0.2, 0.25) is 0 Å². The Kier molecular flexibility index (Phi) is 4.04. The largest absolute Gasteiger partial charge is 0.490 e. The zero-order valence-electron chi connectivity index (χ0n) is 10.7. The molecule has 0 aliphatic carbocycles. The molecule has 0 aliphatic heterocycles. The van der Waals surface area contributed by atoms with Gasteiger partial charge in [0.05, 0.1) is 13.7 Å². The van der Waals surface area contributed by atoms with Gasteiger partial charge in [0.15, 0.2) is 0 Å². The van der Waals surface area contributed by atoms with Gasteiger partial charge in [-0.2, -0.15) is 4.68 Å². The standard InChI is InChI=1S/C12H12N4O4/c1-20-11(17)10(9-5-3-2-4-6-9)7-15-8-13-12(14-15)16(18)19/h2-6,8,10H,7H2,1H3. The molecule has 0 saturated carbocycles. The second-order valence-corrected chi connectivity index (χ2v) is 4.01. The van der Waals surface area contributed by atoms with Crippen LogP contribution in [0.25, 0.3) is 0 Å². The fraction of sp³-hybridized carbons (Fsp3) is 0.250. The molecular weight excluding hydrogens is 264 g/mol. The first-order valence-electron chi connectivity index (χ1n) is 5.78. The summed E-state index contributed by atoms with van der Waals surface area (Å²) in [5.74, 6) is -1.53. The maximum Gasteiger partial charge on any atom is 0.490 e. The summed E-state index contributed by atoms with van der Waals surface area (Å²) in [7, 11) is 1.29. The second-order valence-electron chi connectivity index (χ2n) is 4.01. The Morgan fingerprint density at radius 2 is 2.15 bits per heavy atom. The van der Waals surface area contributed by atoms with E-state index < -0.39 is 22.8 Å². The van der Waals surface area contributed by atoms with Crippen LogP contribution in [0.5, 0.6) is 0 Å². The number of rotatable bonds is 5. The highest BCUT2D eigenvalue weighted by atomic mass is 16.6. The van der Waals surface area contributed by atoms with Gasteiger partial charge in [-0.05, 0) is 10.5 Å². The quantitative estimate of drug-likeness (QED) is 0.461. The minimum atomic E-state index is -0.688. The third kappa shape index (κ3) is 2.97. The van der Waals surface area contributed by atoms with Crippen molar-refractivity contribution in [1.82, 2.24) is 14.8 Å². The van der Waals surface area contributed by atoms with Crippen LogP contribution in [-0.4, -0.2) is 32.8 Å². The molecule has 1 atom stereocenters. The van der Waals surface area contributed by atoms with Crippen LogP contribution in [0.1, 0.15) is 11.5 Å². The Balaban J connectivity index is 2.24. The first-order chi connectivity index (χ1) is 9.61. The molecule has 0 radical (unpaired) electrons. The van der Waals surface area contributed by atoms with Gasteiger partial charge in [-0.15, -0.1) is 0 Å². The number of esters is 1. The molecule has 0 spiro atoms. The zero-order chi connectivity index (χ0) is 14.5. The van der Waals surface area contributed by atoms with Crippen LogP contribution in [-0.2, 0) is 16.1 Å². The number of hydrogen-bond acceptors (Lipinski definition) is 6. The number of benzene rings is 1. The lowest BCUT2D eigenvalue weighted by Gasteiger charge is -2.13. The predicted octanol–water partition coefficient (Wildman–Crippen LogP) is 1.14. The number of hydrogen-bond donors (Lipinski definition) is 0. The molecule has 1 aromatic carbocycles. The maximum atomic E-state index is 11.8. The summed E-state index contributed by atoms with van der Waals surface area (Å²) in [6.45, 7) is 0.123. The third-order valence-electron chi connectivity index (χ3n) is 2.74. The van der Waals surface area contributed by atoms with Crippen molar-refractivity contribution in [3.05, 3.63) is 52.3 Å². The van der Waals surface area contributed by atoms with Gasteiger partial charge in [0.25, 0.3) is 0 Å². The average Bonchev–Trinajstić information content (AvgIpc) is 2.94. The summed E-state index contributed by atoms with van der Waals surface area (Å²) in [4.78, 5) is 25.2. The van der Waals surface area contributed by atoms with Gasteiger partial charge >= 0.3 is 11.9 Å². The van der Waals surface area contributed by atoms with Crippen molar-refractivity contribution in [3.8, 4) is 0 Å². The molecule has 1 unspecified atom stereocenters. The Hall–Kier alpha value is -2.77. The first-order valence-corrected chi connectivity index (χ1v) is 5.78. The Bertz CT molecular complexity index is 611. The predicted molar refractivity (Wildman–Crippen MR) is 67.9 cm³/mol. The van der Waals surface area contributed by atoms with Crippen molar-refractivity contribution in [2.24, 2.45) is 0 Å². The van der Waals surface area contributed by atoms with E-state index in [1.165, 1.54) is 18.1 Å². The van der Waals surface area contributed by atoms with Crippen molar-refractivity contribution in [3.63, 3.8) is 0 Å². The van der Waals surface area contributed by atoms with Gasteiger partial charge in [0.1, 0.15) is 5.92 Å². The topological polar surface area (TPSA) is 100 Å². The van der Waals surface area contributed by atoms with Crippen molar-refractivity contribution in [2.45, 2.75) is 12.5 Å². The van der Waals surface area contributed by atoms with Crippen LogP contribution in [0.4, 0.5) is 5.95 Å². The highest BCUT2D eigenvalue weighted by Gasteiger charge is 2.24. The number of aromatic nitrogens is 3. The molecule has 8 heteroatoms. The van der Waals surface area contributed by atoms with E-state index >= 15 is 0 Å². The molecule has 104 valence electrons.